The number of rotatable bonds is 3. The van der Waals surface area contributed by atoms with Crippen molar-refractivity contribution in [2.45, 2.75) is 13.8 Å². The number of nitrogens with one attached hydrogen (secondary N) is 1. The van der Waals surface area contributed by atoms with E-state index in [9.17, 15) is 4.79 Å². The van der Waals surface area contributed by atoms with Crippen LogP contribution < -0.4 is 5.32 Å². The quantitative estimate of drug-likeness (QED) is 0.943. The average molecular weight is 309 g/mol. The van der Waals surface area contributed by atoms with Gasteiger partial charge in [0.2, 0.25) is 0 Å². The maximum absolute atomic E-state index is 12.0. The summed E-state index contributed by atoms with van der Waals surface area (Å²) in [5.41, 5.74) is 2.85. The lowest BCUT2D eigenvalue weighted by Gasteiger charge is -2.03. The average Bonchev–Trinajstić information content (AvgIpc) is 2.69. The van der Waals surface area contributed by atoms with Crippen molar-refractivity contribution in [1.82, 2.24) is 19.9 Å². The van der Waals surface area contributed by atoms with Gasteiger partial charge in [-0.05, 0) is 19.9 Å². The normalized spacial score (nSPS) is 10.6. The molecule has 0 saturated carbocycles. The van der Waals surface area contributed by atoms with E-state index in [4.69, 9.17) is 0 Å². The molecule has 0 atom stereocenters. The minimum atomic E-state index is -0.205. The van der Waals surface area contributed by atoms with Crippen LogP contribution >= 0.6 is 15.9 Å². The molecule has 0 aliphatic carbocycles. The zero-order chi connectivity index (χ0) is 13.3. The van der Waals surface area contributed by atoms with E-state index in [1.807, 2.05) is 19.9 Å². The smallest absolute Gasteiger partial charge is 0.257 e. The van der Waals surface area contributed by atoms with E-state index in [2.05, 4.69) is 37.9 Å². The van der Waals surface area contributed by atoms with Gasteiger partial charge < -0.3 is 5.32 Å². The summed E-state index contributed by atoms with van der Waals surface area (Å²) < 4.78 is 2.37. The molecule has 0 unspecified atom stereocenters. The van der Waals surface area contributed by atoms with Crippen LogP contribution in [0.5, 0.6) is 0 Å². The first-order valence-electron chi connectivity index (χ1n) is 5.42. The summed E-state index contributed by atoms with van der Waals surface area (Å²) in [7, 11) is 0. The number of hydrogen-bond donors (Lipinski definition) is 1. The Hall–Kier alpha value is -1.69. The van der Waals surface area contributed by atoms with E-state index in [0.29, 0.717) is 22.2 Å². The van der Waals surface area contributed by atoms with Crippen molar-refractivity contribution in [3.8, 4) is 0 Å². The molecule has 0 aliphatic rings. The van der Waals surface area contributed by atoms with E-state index >= 15 is 0 Å². The minimum Gasteiger partial charge on any atom is -0.347 e. The van der Waals surface area contributed by atoms with Gasteiger partial charge in [0.05, 0.1) is 6.20 Å². The van der Waals surface area contributed by atoms with E-state index in [1.54, 1.807) is 4.52 Å². The van der Waals surface area contributed by atoms with Crippen LogP contribution in [0.4, 0.5) is 0 Å². The van der Waals surface area contributed by atoms with Crippen molar-refractivity contribution < 1.29 is 4.79 Å². The van der Waals surface area contributed by atoms with Gasteiger partial charge in [-0.3, -0.25) is 4.79 Å². The summed E-state index contributed by atoms with van der Waals surface area (Å²) in [5, 5.41) is 6.90. The molecule has 0 aromatic carbocycles. The van der Waals surface area contributed by atoms with Gasteiger partial charge >= 0.3 is 0 Å². The molecule has 1 amide bonds. The molecule has 0 spiro atoms. The summed E-state index contributed by atoms with van der Waals surface area (Å²) >= 11 is 3.19. The van der Waals surface area contributed by atoms with E-state index in [1.165, 1.54) is 6.20 Å². The lowest BCUT2D eigenvalue weighted by molar-refractivity contribution is 0.0959. The lowest BCUT2D eigenvalue weighted by atomic mass is 10.3. The molecule has 6 heteroatoms. The summed E-state index contributed by atoms with van der Waals surface area (Å²) in [6.45, 7) is 7.86. The van der Waals surface area contributed by atoms with Crippen molar-refractivity contribution in [2.24, 2.45) is 0 Å². The molecular weight excluding hydrogens is 296 g/mol. The first-order chi connectivity index (χ1) is 8.49. The molecule has 18 heavy (non-hydrogen) atoms. The summed E-state index contributed by atoms with van der Waals surface area (Å²) in [4.78, 5) is 16.3. The number of hydrogen-bond acceptors (Lipinski definition) is 3. The molecule has 1 N–H and O–H groups in total. The van der Waals surface area contributed by atoms with Crippen molar-refractivity contribution in [2.75, 3.05) is 6.54 Å². The summed E-state index contributed by atoms with van der Waals surface area (Å²) in [6.07, 6.45) is 1.53. The Bertz CT molecular complexity index is 632. The highest BCUT2D eigenvalue weighted by molar-refractivity contribution is 9.11. The fourth-order valence-electron chi connectivity index (χ4n) is 1.70. The summed E-state index contributed by atoms with van der Waals surface area (Å²) in [5.74, 6) is -0.205. The molecule has 2 aromatic rings. The molecule has 0 aliphatic heterocycles. The number of nitrogens with zero attached hydrogens (tertiary/aromatic N) is 3. The minimum absolute atomic E-state index is 0.205. The molecule has 2 aromatic heterocycles. The van der Waals surface area contributed by atoms with Crippen molar-refractivity contribution in [3.05, 3.63) is 40.3 Å². The van der Waals surface area contributed by atoms with E-state index in [0.717, 1.165) is 11.4 Å². The maximum Gasteiger partial charge on any atom is 0.257 e. The van der Waals surface area contributed by atoms with Gasteiger partial charge in [-0.2, -0.15) is 5.10 Å². The number of amides is 1. The molecule has 2 rings (SSSR count). The summed E-state index contributed by atoms with van der Waals surface area (Å²) in [6, 6.07) is 1.92. The number of carbonyl (C=O) groups excluding carboxylic acids is 1. The van der Waals surface area contributed by atoms with Crippen LogP contribution in [0.3, 0.4) is 0 Å². The predicted octanol–water partition coefficient (Wildman–Crippen LogP) is 1.98. The first kappa shape index (κ1) is 12.8. The van der Waals surface area contributed by atoms with Crippen LogP contribution in [0, 0.1) is 13.8 Å². The monoisotopic (exact) mass is 308 g/mol. The number of aromatic nitrogens is 3. The van der Waals surface area contributed by atoms with Gasteiger partial charge in [0, 0.05) is 22.4 Å². The molecule has 2 heterocycles. The Morgan fingerprint density at radius 1 is 1.56 bits per heavy atom. The van der Waals surface area contributed by atoms with Crippen LogP contribution in [0.1, 0.15) is 21.7 Å². The van der Waals surface area contributed by atoms with Gasteiger partial charge in [0.1, 0.15) is 5.56 Å². The van der Waals surface area contributed by atoms with Crippen LogP contribution in [0.25, 0.3) is 5.65 Å². The highest BCUT2D eigenvalue weighted by Crippen LogP contribution is 2.12. The molecule has 5 nitrogen and oxygen atoms in total. The second-order valence-corrected chi connectivity index (χ2v) is 5.15. The Morgan fingerprint density at radius 3 is 2.94 bits per heavy atom. The molecule has 0 fully saturated rings. The highest BCUT2D eigenvalue weighted by atomic mass is 79.9. The lowest BCUT2D eigenvalue weighted by Crippen LogP contribution is -2.24. The number of halogens is 1. The van der Waals surface area contributed by atoms with Gasteiger partial charge in [-0.15, -0.1) is 0 Å². The molecule has 0 bridgehead atoms. The second kappa shape index (κ2) is 4.89. The van der Waals surface area contributed by atoms with E-state index in [-0.39, 0.29) is 5.91 Å². The Balaban J connectivity index is 2.40. The van der Waals surface area contributed by atoms with Crippen LogP contribution in [0.15, 0.2) is 23.3 Å². The molecule has 0 radical (unpaired) electrons. The van der Waals surface area contributed by atoms with Gasteiger partial charge in [-0.25, -0.2) is 9.50 Å². The van der Waals surface area contributed by atoms with E-state index < -0.39 is 0 Å². The van der Waals surface area contributed by atoms with Gasteiger partial charge in [-0.1, -0.05) is 22.5 Å². The Morgan fingerprint density at radius 2 is 2.28 bits per heavy atom. The molecule has 0 saturated heterocycles. The largest absolute Gasteiger partial charge is 0.347 e. The third kappa shape index (κ3) is 2.43. The maximum atomic E-state index is 12.0. The topological polar surface area (TPSA) is 59.3 Å². The third-order valence-electron chi connectivity index (χ3n) is 2.46. The van der Waals surface area contributed by atoms with Crippen LogP contribution in [0.2, 0.25) is 0 Å². The first-order valence-corrected chi connectivity index (χ1v) is 6.22. The SMILES string of the molecule is C=C(Br)CNC(=O)c1cnn2c(C)cc(C)nc12. The third-order valence-corrected chi connectivity index (χ3v) is 2.74. The standard InChI is InChI=1S/C12H13BrN4O/c1-7(13)5-14-12(18)10-6-15-17-9(3)4-8(2)16-11(10)17/h4,6H,1,5H2,2-3H3,(H,14,18). The highest BCUT2D eigenvalue weighted by Gasteiger charge is 2.14. The number of fused-ring (bicyclic) bond motifs is 1. The zero-order valence-electron chi connectivity index (χ0n) is 10.2. The second-order valence-electron chi connectivity index (χ2n) is 4.03. The van der Waals surface area contributed by atoms with Crippen molar-refractivity contribution in [3.63, 3.8) is 0 Å². The fourth-order valence-corrected chi connectivity index (χ4v) is 1.84. The number of aryl methyl sites for hydroxylation is 2. The van der Waals surface area contributed by atoms with Gasteiger partial charge in [0.15, 0.2) is 5.65 Å². The molecular formula is C12H13BrN4O. The van der Waals surface area contributed by atoms with Crippen molar-refractivity contribution in [1.29, 1.82) is 0 Å². The predicted molar refractivity (Wildman–Crippen MR) is 72.9 cm³/mol. The Kier molecular flexibility index (Phi) is 3.47. The molecule has 94 valence electrons. The van der Waals surface area contributed by atoms with Crippen molar-refractivity contribution >= 4 is 27.5 Å². The zero-order valence-corrected chi connectivity index (χ0v) is 11.8. The van der Waals surface area contributed by atoms with Crippen LogP contribution in [-0.4, -0.2) is 27.0 Å². The Labute approximate surface area is 113 Å². The number of carbonyl (C=O) groups is 1. The van der Waals surface area contributed by atoms with Crippen LogP contribution in [-0.2, 0) is 0 Å². The fraction of sp³-hybridized carbons (Fsp3) is 0.250. The van der Waals surface area contributed by atoms with Gasteiger partial charge in [0.25, 0.3) is 5.91 Å².